The molecule has 6 atom stereocenters. The van der Waals surface area contributed by atoms with Gasteiger partial charge >= 0.3 is 0 Å². The first-order chi connectivity index (χ1) is 13.9. The molecule has 156 valence electrons. The predicted molar refractivity (Wildman–Crippen MR) is 107 cm³/mol. The van der Waals surface area contributed by atoms with Crippen LogP contribution in [-0.2, 0) is 4.74 Å². The maximum absolute atomic E-state index is 10.3. The van der Waals surface area contributed by atoms with Crippen LogP contribution >= 0.6 is 11.8 Å². The number of aliphatic hydroxyl groups is 4. The summed E-state index contributed by atoms with van der Waals surface area (Å²) in [5.41, 5.74) is 1.17. The zero-order valence-corrected chi connectivity index (χ0v) is 16.8. The molecule has 0 aliphatic carbocycles. The summed E-state index contributed by atoms with van der Waals surface area (Å²) < 4.78 is 10.8. The molecule has 0 aromatic heterocycles. The molecule has 1 aromatic carbocycles. The molecule has 2 aliphatic heterocycles. The van der Waals surface area contributed by atoms with Gasteiger partial charge < -0.3 is 35.2 Å². The van der Waals surface area contributed by atoms with Crippen molar-refractivity contribution in [3.63, 3.8) is 0 Å². The van der Waals surface area contributed by atoms with E-state index >= 15 is 0 Å². The minimum Gasteiger partial charge on any atom is -0.497 e. The number of allylic oxidation sites excluding steroid dienone is 3. The average Bonchev–Trinajstić information content (AvgIpc) is 2.73. The maximum atomic E-state index is 10.3. The Morgan fingerprint density at radius 1 is 1.17 bits per heavy atom. The van der Waals surface area contributed by atoms with Crippen molar-refractivity contribution in [2.45, 2.75) is 42.7 Å². The van der Waals surface area contributed by atoms with Crippen LogP contribution in [0.25, 0.3) is 0 Å². The molecule has 0 amide bonds. The van der Waals surface area contributed by atoms with Gasteiger partial charge in [-0.05, 0) is 24.6 Å². The third kappa shape index (κ3) is 4.43. The van der Waals surface area contributed by atoms with Gasteiger partial charge in [-0.1, -0.05) is 30.0 Å². The van der Waals surface area contributed by atoms with Crippen LogP contribution in [-0.4, -0.2) is 64.0 Å². The summed E-state index contributed by atoms with van der Waals surface area (Å²) in [5, 5.41) is 53.1. The highest BCUT2D eigenvalue weighted by atomic mass is 32.2. The minimum atomic E-state index is -1.47. The molecule has 2 heterocycles. The third-order valence-electron chi connectivity index (χ3n) is 4.96. The second-order valence-corrected chi connectivity index (χ2v) is 8.00. The standard InChI is InChI=1S/C20H24N2O6S/c1-10-7-13(11-3-5-12(27-2)6-4-11)14(8-21)19(22-10)29-20-18(26)17(25)16(24)15(9-23)28-20/h3-7,13,15-18,20,22-26H,9H2,1-2H3/t13?,15-,16+,17+,18-,20+/m1/s1. The van der Waals surface area contributed by atoms with E-state index in [1.807, 2.05) is 37.3 Å². The Hall–Kier alpha value is -2.06. The van der Waals surface area contributed by atoms with E-state index in [2.05, 4.69) is 11.4 Å². The lowest BCUT2D eigenvalue weighted by Gasteiger charge is -2.40. The Labute approximate surface area is 173 Å². The van der Waals surface area contributed by atoms with Crippen molar-refractivity contribution in [1.82, 2.24) is 5.32 Å². The number of thioether (sulfide) groups is 1. The smallest absolute Gasteiger partial charge is 0.138 e. The second-order valence-electron chi connectivity index (χ2n) is 6.90. The predicted octanol–water partition coefficient (Wildman–Crippen LogP) is 0.554. The molecule has 0 spiro atoms. The van der Waals surface area contributed by atoms with E-state index in [1.54, 1.807) is 7.11 Å². The van der Waals surface area contributed by atoms with Crippen molar-refractivity contribution < 1.29 is 29.9 Å². The van der Waals surface area contributed by atoms with E-state index < -0.39 is 36.5 Å². The number of nitrogens with zero attached hydrogens (tertiary/aromatic N) is 1. The largest absolute Gasteiger partial charge is 0.497 e. The van der Waals surface area contributed by atoms with Crippen molar-refractivity contribution in [3.05, 3.63) is 52.2 Å². The Kier molecular flexibility index (Phi) is 6.85. The summed E-state index contributed by atoms with van der Waals surface area (Å²) in [5.74, 6) is 0.404. The summed E-state index contributed by atoms with van der Waals surface area (Å²) in [7, 11) is 1.58. The molecule has 2 aliphatic rings. The molecule has 5 N–H and O–H groups in total. The van der Waals surface area contributed by atoms with Gasteiger partial charge in [0.1, 0.15) is 35.6 Å². The maximum Gasteiger partial charge on any atom is 0.138 e. The van der Waals surface area contributed by atoms with Gasteiger partial charge in [-0.15, -0.1) is 0 Å². The summed E-state index contributed by atoms with van der Waals surface area (Å²) in [6.07, 6.45) is -3.36. The number of ether oxygens (including phenoxy) is 2. The summed E-state index contributed by atoms with van der Waals surface area (Å²) >= 11 is 1.04. The van der Waals surface area contributed by atoms with Crippen LogP contribution in [0.3, 0.4) is 0 Å². The molecule has 9 heteroatoms. The van der Waals surface area contributed by atoms with Crippen LogP contribution in [0, 0.1) is 11.3 Å². The molecule has 1 saturated heterocycles. The number of nitriles is 1. The third-order valence-corrected chi connectivity index (χ3v) is 6.14. The number of aliphatic hydroxyl groups excluding tert-OH is 4. The Balaban J connectivity index is 1.90. The van der Waals surface area contributed by atoms with Gasteiger partial charge in [0, 0.05) is 11.6 Å². The number of nitrogens with one attached hydrogen (secondary N) is 1. The quantitative estimate of drug-likeness (QED) is 0.463. The van der Waals surface area contributed by atoms with Crippen LogP contribution in [0.1, 0.15) is 18.4 Å². The molecule has 3 rings (SSSR count). The Morgan fingerprint density at radius 3 is 2.45 bits per heavy atom. The van der Waals surface area contributed by atoms with Crippen LogP contribution in [0.2, 0.25) is 0 Å². The molecule has 0 bridgehead atoms. The van der Waals surface area contributed by atoms with Gasteiger partial charge in [-0.2, -0.15) is 5.26 Å². The molecular formula is C20H24N2O6S. The fourth-order valence-electron chi connectivity index (χ4n) is 3.33. The van der Waals surface area contributed by atoms with E-state index in [0.29, 0.717) is 16.4 Å². The number of dihydropyridines is 1. The first kappa shape index (κ1) is 21.6. The van der Waals surface area contributed by atoms with E-state index in [1.165, 1.54) is 0 Å². The molecular weight excluding hydrogens is 396 g/mol. The molecule has 8 nitrogen and oxygen atoms in total. The van der Waals surface area contributed by atoms with Gasteiger partial charge in [0.15, 0.2) is 0 Å². The lowest BCUT2D eigenvalue weighted by Crippen LogP contribution is -2.57. The van der Waals surface area contributed by atoms with Crippen LogP contribution in [0.15, 0.2) is 46.6 Å². The molecule has 0 saturated carbocycles. The zero-order valence-electron chi connectivity index (χ0n) is 16.0. The first-order valence-corrected chi connectivity index (χ1v) is 9.98. The number of benzene rings is 1. The van der Waals surface area contributed by atoms with Crippen molar-refractivity contribution in [2.75, 3.05) is 13.7 Å². The molecule has 0 radical (unpaired) electrons. The highest BCUT2D eigenvalue weighted by Gasteiger charge is 2.44. The number of hydrogen-bond acceptors (Lipinski definition) is 9. The second kappa shape index (κ2) is 9.17. The van der Waals surface area contributed by atoms with E-state index in [4.69, 9.17) is 9.47 Å². The number of rotatable bonds is 5. The van der Waals surface area contributed by atoms with Crippen LogP contribution in [0.4, 0.5) is 0 Å². The number of methoxy groups -OCH3 is 1. The molecule has 1 fully saturated rings. The lowest BCUT2D eigenvalue weighted by molar-refractivity contribution is -0.205. The monoisotopic (exact) mass is 420 g/mol. The van der Waals surface area contributed by atoms with Gasteiger partial charge in [0.25, 0.3) is 0 Å². The van der Waals surface area contributed by atoms with Crippen molar-refractivity contribution >= 4 is 11.8 Å². The summed E-state index contributed by atoms with van der Waals surface area (Å²) in [6.45, 7) is 1.35. The van der Waals surface area contributed by atoms with Crippen LogP contribution < -0.4 is 10.1 Å². The van der Waals surface area contributed by atoms with Gasteiger partial charge in [-0.25, -0.2) is 0 Å². The Morgan fingerprint density at radius 2 is 1.86 bits per heavy atom. The average molecular weight is 420 g/mol. The van der Waals surface area contributed by atoms with E-state index in [9.17, 15) is 25.7 Å². The SMILES string of the molecule is COc1ccc(C2C=C(C)NC(S[C@@H]3O[C@H](CO)[C@H](O)[C@H](O)[C@H]3O)=C2C#N)cc1. The van der Waals surface area contributed by atoms with Gasteiger partial charge in [0.05, 0.1) is 30.4 Å². The topological polar surface area (TPSA) is 135 Å². The van der Waals surface area contributed by atoms with E-state index in [-0.39, 0.29) is 5.92 Å². The molecule has 1 unspecified atom stereocenters. The van der Waals surface area contributed by atoms with Crippen molar-refractivity contribution in [3.8, 4) is 11.8 Å². The lowest BCUT2D eigenvalue weighted by atomic mass is 9.89. The normalized spacial score (nSPS) is 32.2. The highest BCUT2D eigenvalue weighted by Crippen LogP contribution is 2.40. The fraction of sp³-hybridized carbons (Fsp3) is 0.450. The highest BCUT2D eigenvalue weighted by molar-refractivity contribution is 8.03. The summed E-state index contributed by atoms with van der Waals surface area (Å²) in [6, 6.07) is 9.62. The summed E-state index contributed by atoms with van der Waals surface area (Å²) in [4.78, 5) is 0. The van der Waals surface area contributed by atoms with Crippen molar-refractivity contribution in [1.29, 1.82) is 5.26 Å². The van der Waals surface area contributed by atoms with Gasteiger partial charge in [0.2, 0.25) is 0 Å². The zero-order chi connectivity index (χ0) is 21.1. The minimum absolute atomic E-state index is 0.306. The van der Waals surface area contributed by atoms with Crippen molar-refractivity contribution in [2.24, 2.45) is 0 Å². The molecule has 1 aromatic rings. The first-order valence-electron chi connectivity index (χ1n) is 9.10. The Bertz CT molecular complexity index is 832. The molecule has 29 heavy (non-hydrogen) atoms. The van der Waals surface area contributed by atoms with Gasteiger partial charge in [-0.3, -0.25) is 0 Å². The fourth-order valence-corrected chi connectivity index (χ4v) is 4.58. The number of hydrogen-bond donors (Lipinski definition) is 5. The van der Waals surface area contributed by atoms with E-state index in [0.717, 1.165) is 23.0 Å². The van der Waals surface area contributed by atoms with Crippen LogP contribution in [0.5, 0.6) is 5.75 Å².